The summed E-state index contributed by atoms with van der Waals surface area (Å²) in [6.07, 6.45) is -1.15. The molecule has 0 saturated heterocycles. The Bertz CT molecular complexity index is 649. The molecule has 1 unspecified atom stereocenters. The fraction of sp³-hybridized carbons (Fsp3) is 0.143. The fourth-order valence-corrected chi connectivity index (χ4v) is 2.61. The molecular weight excluding hydrogens is 357 g/mol. The van der Waals surface area contributed by atoms with Crippen LogP contribution in [0.4, 0.5) is 13.2 Å². The number of aliphatic hydroxyl groups excluding tert-OH is 1. The summed E-state index contributed by atoms with van der Waals surface area (Å²) in [5.41, 5.74) is 0.556. The summed E-state index contributed by atoms with van der Waals surface area (Å²) in [6, 6.07) is 6.41. The van der Waals surface area contributed by atoms with Gasteiger partial charge in [-0.1, -0.05) is 29.8 Å². The van der Waals surface area contributed by atoms with Crippen molar-refractivity contribution in [2.75, 3.05) is 0 Å². The van der Waals surface area contributed by atoms with Crippen molar-refractivity contribution in [3.8, 4) is 0 Å². The van der Waals surface area contributed by atoms with E-state index in [1.54, 1.807) is 6.07 Å². The summed E-state index contributed by atoms with van der Waals surface area (Å²) in [7, 11) is 0. The third-order valence-corrected chi connectivity index (χ3v) is 4.10. The van der Waals surface area contributed by atoms with Crippen molar-refractivity contribution in [1.29, 1.82) is 0 Å². The van der Waals surface area contributed by atoms with Gasteiger partial charge in [0, 0.05) is 6.42 Å². The molecule has 0 spiro atoms. The first-order chi connectivity index (χ1) is 9.41. The molecule has 6 heteroatoms. The van der Waals surface area contributed by atoms with E-state index in [1.807, 2.05) is 0 Å². The van der Waals surface area contributed by atoms with Gasteiger partial charge in [0.2, 0.25) is 0 Å². The average Bonchev–Trinajstić information content (AvgIpc) is 2.41. The monoisotopic (exact) mass is 364 g/mol. The van der Waals surface area contributed by atoms with Crippen LogP contribution in [0.5, 0.6) is 0 Å². The second kappa shape index (κ2) is 6.16. The number of hydrogen-bond acceptors (Lipinski definition) is 1. The highest BCUT2D eigenvalue weighted by atomic mass is 79.9. The molecule has 0 aromatic heterocycles. The van der Waals surface area contributed by atoms with E-state index in [-0.39, 0.29) is 21.5 Å². The molecule has 0 heterocycles. The van der Waals surface area contributed by atoms with E-state index >= 15 is 0 Å². The highest BCUT2D eigenvalue weighted by Gasteiger charge is 2.19. The first kappa shape index (κ1) is 15.4. The maximum atomic E-state index is 13.4. The maximum Gasteiger partial charge on any atom is 0.173 e. The van der Waals surface area contributed by atoms with E-state index in [2.05, 4.69) is 15.9 Å². The average molecular weight is 366 g/mol. The van der Waals surface area contributed by atoms with Crippen molar-refractivity contribution < 1.29 is 18.3 Å². The summed E-state index contributed by atoms with van der Waals surface area (Å²) < 4.78 is 39.6. The summed E-state index contributed by atoms with van der Waals surface area (Å²) in [5, 5.41) is 9.99. The Kier molecular flexibility index (Phi) is 4.73. The molecule has 2 aromatic carbocycles. The molecule has 0 fully saturated rings. The van der Waals surface area contributed by atoms with Crippen molar-refractivity contribution in [2.45, 2.75) is 12.5 Å². The molecule has 106 valence electrons. The molecule has 0 aliphatic heterocycles. The van der Waals surface area contributed by atoms with Crippen LogP contribution in [0.1, 0.15) is 17.2 Å². The van der Waals surface area contributed by atoms with Crippen LogP contribution in [0.3, 0.4) is 0 Å². The number of benzene rings is 2. The van der Waals surface area contributed by atoms with Gasteiger partial charge in [0.05, 0.1) is 15.6 Å². The lowest BCUT2D eigenvalue weighted by Crippen LogP contribution is -2.05. The van der Waals surface area contributed by atoms with E-state index < -0.39 is 23.6 Å². The Morgan fingerprint density at radius 2 is 1.80 bits per heavy atom. The summed E-state index contributed by atoms with van der Waals surface area (Å²) >= 11 is 8.69. The molecule has 1 N–H and O–H groups in total. The van der Waals surface area contributed by atoms with E-state index in [1.165, 1.54) is 18.2 Å². The van der Waals surface area contributed by atoms with Crippen LogP contribution in [0.2, 0.25) is 5.02 Å². The Balaban J connectivity index is 2.31. The van der Waals surface area contributed by atoms with Gasteiger partial charge in [-0.2, -0.15) is 0 Å². The van der Waals surface area contributed by atoms with Gasteiger partial charge in [-0.05, 0) is 39.2 Å². The molecule has 0 aliphatic rings. The molecular formula is C14H9BrClF3O. The smallest absolute Gasteiger partial charge is 0.173 e. The van der Waals surface area contributed by atoms with Gasteiger partial charge in [0.25, 0.3) is 0 Å². The Labute approximate surface area is 127 Å². The van der Waals surface area contributed by atoms with Crippen molar-refractivity contribution in [3.63, 3.8) is 0 Å². The molecule has 1 atom stereocenters. The van der Waals surface area contributed by atoms with Crippen LogP contribution in [0.15, 0.2) is 34.8 Å². The van der Waals surface area contributed by atoms with Gasteiger partial charge >= 0.3 is 0 Å². The van der Waals surface area contributed by atoms with Crippen molar-refractivity contribution in [3.05, 3.63) is 68.4 Å². The number of rotatable bonds is 3. The summed E-state index contributed by atoms with van der Waals surface area (Å²) in [5.74, 6) is -2.69. The minimum Gasteiger partial charge on any atom is -0.388 e. The highest BCUT2D eigenvalue weighted by molar-refractivity contribution is 9.10. The number of aliphatic hydroxyl groups is 1. The van der Waals surface area contributed by atoms with Crippen molar-refractivity contribution >= 4 is 27.5 Å². The molecule has 0 saturated carbocycles. The maximum absolute atomic E-state index is 13.4. The number of hydrogen-bond donors (Lipinski definition) is 1. The Morgan fingerprint density at radius 1 is 1.10 bits per heavy atom. The fourth-order valence-electron chi connectivity index (χ4n) is 1.82. The lowest BCUT2D eigenvalue weighted by atomic mass is 10.0. The summed E-state index contributed by atoms with van der Waals surface area (Å²) in [4.78, 5) is 0. The third kappa shape index (κ3) is 3.00. The standard InChI is InChI=1S/C14H9BrClF3O/c15-12-8(4-5-10(18)14(12)19)11(20)6-7-2-1-3-9(17)13(7)16/h1-5,11,20H,6H2. The van der Waals surface area contributed by atoms with Crippen LogP contribution in [-0.4, -0.2) is 5.11 Å². The van der Waals surface area contributed by atoms with E-state index in [0.29, 0.717) is 5.56 Å². The summed E-state index contributed by atoms with van der Waals surface area (Å²) in [6.45, 7) is 0. The number of halogens is 5. The zero-order chi connectivity index (χ0) is 14.9. The van der Waals surface area contributed by atoms with Crippen LogP contribution < -0.4 is 0 Å². The second-order valence-electron chi connectivity index (χ2n) is 4.20. The lowest BCUT2D eigenvalue weighted by Gasteiger charge is -2.14. The van der Waals surface area contributed by atoms with E-state index in [9.17, 15) is 18.3 Å². The van der Waals surface area contributed by atoms with Gasteiger partial charge in [0.1, 0.15) is 5.82 Å². The van der Waals surface area contributed by atoms with E-state index in [4.69, 9.17) is 11.6 Å². The van der Waals surface area contributed by atoms with Crippen LogP contribution in [-0.2, 0) is 6.42 Å². The predicted octanol–water partition coefficient (Wildman–Crippen LogP) is 4.80. The second-order valence-corrected chi connectivity index (χ2v) is 5.37. The van der Waals surface area contributed by atoms with Crippen molar-refractivity contribution in [2.24, 2.45) is 0 Å². The molecule has 0 radical (unpaired) electrons. The minimum atomic E-state index is -1.14. The molecule has 0 bridgehead atoms. The van der Waals surface area contributed by atoms with Crippen LogP contribution in [0, 0.1) is 17.5 Å². The molecule has 2 aromatic rings. The van der Waals surface area contributed by atoms with E-state index in [0.717, 1.165) is 6.07 Å². The third-order valence-electron chi connectivity index (χ3n) is 2.87. The van der Waals surface area contributed by atoms with Gasteiger partial charge in [0.15, 0.2) is 11.6 Å². The quantitative estimate of drug-likeness (QED) is 0.775. The van der Waals surface area contributed by atoms with Crippen molar-refractivity contribution in [1.82, 2.24) is 0 Å². The predicted molar refractivity (Wildman–Crippen MR) is 74.1 cm³/mol. The SMILES string of the molecule is OC(Cc1cccc(F)c1Cl)c1ccc(F)c(F)c1Br. The van der Waals surface area contributed by atoms with Crippen LogP contribution >= 0.6 is 27.5 Å². The minimum absolute atomic E-state index is 0.0136. The zero-order valence-electron chi connectivity index (χ0n) is 10.0. The molecule has 0 amide bonds. The molecule has 0 aliphatic carbocycles. The van der Waals surface area contributed by atoms with Gasteiger partial charge in [-0.25, -0.2) is 13.2 Å². The Hall–Kier alpha value is -1.04. The first-order valence-electron chi connectivity index (χ1n) is 5.66. The lowest BCUT2D eigenvalue weighted by molar-refractivity contribution is 0.177. The zero-order valence-corrected chi connectivity index (χ0v) is 12.4. The van der Waals surface area contributed by atoms with Gasteiger partial charge < -0.3 is 5.11 Å². The normalized spacial score (nSPS) is 12.5. The Morgan fingerprint density at radius 3 is 2.50 bits per heavy atom. The molecule has 2 rings (SSSR count). The highest BCUT2D eigenvalue weighted by Crippen LogP contribution is 2.31. The molecule has 1 nitrogen and oxygen atoms in total. The van der Waals surface area contributed by atoms with Crippen LogP contribution in [0.25, 0.3) is 0 Å². The topological polar surface area (TPSA) is 20.2 Å². The van der Waals surface area contributed by atoms with Gasteiger partial charge in [-0.3, -0.25) is 0 Å². The largest absolute Gasteiger partial charge is 0.388 e. The first-order valence-corrected chi connectivity index (χ1v) is 6.83. The molecule has 20 heavy (non-hydrogen) atoms. The van der Waals surface area contributed by atoms with Gasteiger partial charge in [-0.15, -0.1) is 0 Å².